The zero-order valence-corrected chi connectivity index (χ0v) is 16.0. The molecule has 3 rings (SSSR count). The number of sulfone groups is 1. The average Bonchev–Trinajstić information content (AvgIpc) is 2.59. The highest BCUT2D eigenvalue weighted by molar-refractivity contribution is 7.90. The Bertz CT molecular complexity index is 1230. The molecule has 5 nitrogen and oxygen atoms in total. The van der Waals surface area contributed by atoms with Gasteiger partial charge in [0.25, 0.3) is 0 Å². The van der Waals surface area contributed by atoms with Crippen molar-refractivity contribution in [1.29, 1.82) is 0 Å². The van der Waals surface area contributed by atoms with E-state index < -0.39 is 27.4 Å². The molecule has 0 saturated heterocycles. The fourth-order valence-electron chi connectivity index (χ4n) is 3.05. The lowest BCUT2D eigenvalue weighted by Crippen LogP contribution is -2.09. The summed E-state index contributed by atoms with van der Waals surface area (Å²) in [5, 5.41) is 10.3. The first-order valence-corrected chi connectivity index (χ1v) is 10.2. The van der Waals surface area contributed by atoms with Crippen molar-refractivity contribution in [1.82, 2.24) is 0 Å². The van der Waals surface area contributed by atoms with Crippen molar-refractivity contribution in [2.45, 2.75) is 18.2 Å². The molecular weight excluding hydrogens is 383 g/mol. The molecule has 0 unspecified atom stereocenters. The maximum Gasteiger partial charge on any atom is 0.307 e. The second kappa shape index (κ2) is 7.16. The Morgan fingerprint density at radius 3 is 2.32 bits per heavy atom. The number of carboxylic acids is 1. The summed E-state index contributed by atoms with van der Waals surface area (Å²) in [4.78, 5) is 23.9. The fourth-order valence-corrected chi connectivity index (χ4v) is 3.69. The van der Waals surface area contributed by atoms with E-state index in [4.69, 9.17) is 5.11 Å². The number of benzene rings is 3. The van der Waals surface area contributed by atoms with Crippen molar-refractivity contribution in [3.05, 3.63) is 76.6 Å². The van der Waals surface area contributed by atoms with Crippen molar-refractivity contribution >= 4 is 32.4 Å². The number of carbonyl (C=O) groups is 2. The quantitative estimate of drug-likeness (QED) is 0.662. The van der Waals surface area contributed by atoms with Crippen LogP contribution in [0.1, 0.15) is 27.0 Å². The van der Waals surface area contributed by atoms with Crippen LogP contribution < -0.4 is 0 Å². The molecule has 28 heavy (non-hydrogen) atoms. The minimum Gasteiger partial charge on any atom is -0.481 e. The van der Waals surface area contributed by atoms with Crippen molar-refractivity contribution in [3.8, 4) is 0 Å². The van der Waals surface area contributed by atoms with Gasteiger partial charge in [-0.1, -0.05) is 29.8 Å². The molecule has 1 N–H and O–H groups in total. The van der Waals surface area contributed by atoms with Crippen molar-refractivity contribution < 1.29 is 27.5 Å². The third kappa shape index (κ3) is 3.94. The highest BCUT2D eigenvalue weighted by Crippen LogP contribution is 2.27. The number of aliphatic carboxylic acids is 1. The van der Waals surface area contributed by atoms with Gasteiger partial charge >= 0.3 is 5.97 Å². The summed E-state index contributed by atoms with van der Waals surface area (Å²) in [5.41, 5.74) is 1.20. The number of rotatable bonds is 5. The van der Waals surface area contributed by atoms with Crippen LogP contribution in [0.5, 0.6) is 0 Å². The molecule has 3 aromatic rings. The Labute approximate surface area is 161 Å². The van der Waals surface area contributed by atoms with E-state index in [0.717, 1.165) is 24.0 Å². The van der Waals surface area contributed by atoms with E-state index in [2.05, 4.69) is 0 Å². The maximum atomic E-state index is 14.5. The number of ketones is 1. The number of aryl methyl sites for hydroxylation is 1. The summed E-state index contributed by atoms with van der Waals surface area (Å²) in [6.45, 7) is 1.85. The average molecular weight is 400 g/mol. The van der Waals surface area contributed by atoms with E-state index in [9.17, 15) is 22.4 Å². The number of carbonyl (C=O) groups excluding carboxylic acids is 1. The third-order valence-corrected chi connectivity index (χ3v) is 5.49. The molecule has 0 aliphatic rings. The zero-order valence-electron chi connectivity index (χ0n) is 15.2. The summed E-state index contributed by atoms with van der Waals surface area (Å²) in [5.74, 6) is -2.63. The second-order valence-electron chi connectivity index (χ2n) is 6.68. The molecule has 0 aliphatic heterocycles. The standard InChI is InChI=1S/C21H17FO5S/c1-12-3-4-14-8-13(10-20(23)24)9-18(17(14)7-12)21(25)16-6-5-15(11-19(16)22)28(2,26)27/h3-9,11H,10H2,1-2H3,(H,23,24). The van der Waals surface area contributed by atoms with Crippen molar-refractivity contribution in [2.24, 2.45) is 0 Å². The molecule has 0 aliphatic carbocycles. The van der Waals surface area contributed by atoms with Crippen molar-refractivity contribution in [2.75, 3.05) is 6.26 Å². The van der Waals surface area contributed by atoms with Gasteiger partial charge in [0.1, 0.15) is 5.82 Å². The first-order valence-electron chi connectivity index (χ1n) is 8.35. The van der Waals surface area contributed by atoms with Gasteiger partial charge in [-0.3, -0.25) is 9.59 Å². The fraction of sp³-hybridized carbons (Fsp3) is 0.143. The van der Waals surface area contributed by atoms with Gasteiger partial charge in [-0.15, -0.1) is 0 Å². The van der Waals surface area contributed by atoms with Gasteiger partial charge in [0.2, 0.25) is 0 Å². The summed E-state index contributed by atoms with van der Waals surface area (Å²) >= 11 is 0. The van der Waals surface area contributed by atoms with E-state index in [1.165, 1.54) is 12.1 Å². The monoisotopic (exact) mass is 400 g/mol. The molecule has 144 valence electrons. The molecular formula is C21H17FO5S. The van der Waals surface area contributed by atoms with Gasteiger partial charge < -0.3 is 5.11 Å². The van der Waals surface area contributed by atoms with Crippen LogP contribution >= 0.6 is 0 Å². The lowest BCUT2D eigenvalue weighted by Gasteiger charge is -2.11. The summed E-state index contributed by atoms with van der Waals surface area (Å²) < 4.78 is 37.7. The number of hydrogen-bond acceptors (Lipinski definition) is 4. The number of hydrogen-bond donors (Lipinski definition) is 1. The van der Waals surface area contributed by atoms with E-state index >= 15 is 0 Å². The Hall–Kier alpha value is -3.06. The molecule has 3 aromatic carbocycles. The first-order chi connectivity index (χ1) is 13.1. The number of carboxylic acid groups (broad SMARTS) is 1. The molecule has 7 heteroatoms. The molecule has 0 spiro atoms. The van der Waals surface area contributed by atoms with Crippen LogP contribution in [0.4, 0.5) is 4.39 Å². The van der Waals surface area contributed by atoms with Crippen LogP contribution in [0.2, 0.25) is 0 Å². The van der Waals surface area contributed by atoms with Gasteiger partial charge in [-0.05, 0) is 47.5 Å². The maximum absolute atomic E-state index is 14.5. The number of fused-ring (bicyclic) bond motifs is 1. The second-order valence-corrected chi connectivity index (χ2v) is 8.70. The molecule has 0 atom stereocenters. The Kier molecular flexibility index (Phi) is 5.04. The van der Waals surface area contributed by atoms with E-state index in [1.54, 1.807) is 18.2 Å². The number of halogens is 1. The highest BCUT2D eigenvalue weighted by Gasteiger charge is 2.20. The molecule has 0 bridgehead atoms. The van der Waals surface area contributed by atoms with Crippen LogP contribution in [0.15, 0.2) is 53.4 Å². The summed E-state index contributed by atoms with van der Waals surface area (Å²) in [6.07, 6.45) is 0.675. The Morgan fingerprint density at radius 1 is 1.00 bits per heavy atom. The normalized spacial score (nSPS) is 11.5. The van der Waals surface area contributed by atoms with E-state index in [-0.39, 0.29) is 22.4 Å². The van der Waals surface area contributed by atoms with Gasteiger partial charge in [0.15, 0.2) is 15.6 Å². The zero-order chi connectivity index (χ0) is 20.6. The van der Waals surface area contributed by atoms with Gasteiger partial charge in [-0.2, -0.15) is 0 Å². The highest BCUT2D eigenvalue weighted by atomic mass is 32.2. The van der Waals surface area contributed by atoms with Crippen LogP contribution in [0.25, 0.3) is 10.8 Å². The molecule has 0 amide bonds. The Morgan fingerprint density at radius 2 is 1.71 bits per heavy atom. The van der Waals surface area contributed by atoms with Gasteiger partial charge in [-0.25, -0.2) is 12.8 Å². The minimum absolute atomic E-state index is 0.170. The predicted octanol–water partition coefficient (Wildman–Crippen LogP) is 3.55. The summed E-state index contributed by atoms with van der Waals surface area (Å²) in [6, 6.07) is 11.6. The third-order valence-electron chi connectivity index (χ3n) is 4.38. The largest absolute Gasteiger partial charge is 0.481 e. The molecule has 0 fully saturated rings. The minimum atomic E-state index is -3.61. The smallest absolute Gasteiger partial charge is 0.307 e. The molecule has 0 radical (unpaired) electrons. The Balaban J connectivity index is 2.20. The molecule has 0 aromatic heterocycles. The topological polar surface area (TPSA) is 88.5 Å². The molecule has 0 heterocycles. The molecule has 0 saturated carbocycles. The summed E-state index contributed by atoms with van der Waals surface area (Å²) in [7, 11) is -3.61. The SMILES string of the molecule is Cc1ccc2cc(CC(=O)O)cc(C(=O)c3ccc(S(C)(=O)=O)cc3F)c2c1. The van der Waals surface area contributed by atoms with E-state index in [1.807, 2.05) is 13.0 Å². The predicted molar refractivity (Wildman–Crippen MR) is 103 cm³/mol. The van der Waals surface area contributed by atoms with Crippen LogP contribution in [-0.2, 0) is 21.1 Å². The first kappa shape index (κ1) is 19.7. The van der Waals surface area contributed by atoms with Crippen LogP contribution in [0, 0.1) is 12.7 Å². The lowest BCUT2D eigenvalue weighted by molar-refractivity contribution is -0.136. The van der Waals surface area contributed by atoms with Crippen LogP contribution in [0.3, 0.4) is 0 Å². The van der Waals surface area contributed by atoms with Crippen molar-refractivity contribution in [3.63, 3.8) is 0 Å². The lowest BCUT2D eigenvalue weighted by atomic mass is 9.93. The van der Waals surface area contributed by atoms with E-state index in [0.29, 0.717) is 16.3 Å². The van der Waals surface area contributed by atoms with Gasteiger partial charge in [0, 0.05) is 11.8 Å². The van der Waals surface area contributed by atoms with Gasteiger partial charge in [0.05, 0.1) is 16.9 Å². The van der Waals surface area contributed by atoms with Crippen LogP contribution in [-0.4, -0.2) is 31.5 Å².